The molecule has 0 unspecified atom stereocenters. The summed E-state index contributed by atoms with van der Waals surface area (Å²) in [6, 6.07) is 0. The van der Waals surface area contributed by atoms with Gasteiger partial charge < -0.3 is 30.0 Å². The highest BCUT2D eigenvalue weighted by atomic mass is 16.8. The minimum absolute atomic E-state index is 0.471. The first-order valence-corrected chi connectivity index (χ1v) is 6.65. The van der Waals surface area contributed by atoms with Crippen LogP contribution in [0.4, 0.5) is 0 Å². The van der Waals surface area contributed by atoms with Crippen molar-refractivity contribution in [1.82, 2.24) is 0 Å². The Bertz CT molecular complexity index is 313. The fourth-order valence-electron chi connectivity index (χ4n) is 2.33. The van der Waals surface area contributed by atoms with Crippen molar-refractivity contribution in [2.24, 2.45) is 5.16 Å². The second kappa shape index (κ2) is 6.62. The van der Waals surface area contributed by atoms with Gasteiger partial charge in [0.25, 0.3) is 6.29 Å². The van der Waals surface area contributed by atoms with E-state index in [1.165, 1.54) is 6.42 Å². The van der Waals surface area contributed by atoms with Gasteiger partial charge in [-0.25, -0.2) is 0 Å². The summed E-state index contributed by atoms with van der Waals surface area (Å²) in [5.41, 5.74) is 0.906. The van der Waals surface area contributed by atoms with E-state index < -0.39 is 37.3 Å². The third-order valence-corrected chi connectivity index (χ3v) is 3.56. The van der Waals surface area contributed by atoms with Gasteiger partial charge in [-0.15, -0.1) is 0 Å². The standard InChI is InChI=1S/C12H21NO6/c14-6-8-9(15)10(16)11(17)12(18-8)19-13-7-4-2-1-3-5-7/h8-12,14-17H,1-6H2/t8-,9+,10+,11-,12+/m1/s1. The highest BCUT2D eigenvalue weighted by Crippen LogP contribution is 2.23. The molecule has 1 aliphatic heterocycles. The van der Waals surface area contributed by atoms with Crippen LogP contribution < -0.4 is 0 Å². The summed E-state index contributed by atoms with van der Waals surface area (Å²) in [6.07, 6.45) is -1.31. The molecule has 7 heteroatoms. The summed E-state index contributed by atoms with van der Waals surface area (Å²) in [7, 11) is 0. The van der Waals surface area contributed by atoms with E-state index in [1.54, 1.807) is 0 Å². The SMILES string of the molecule is OC[C@H]1O[C@@H](ON=C2CCCCC2)[C@H](O)[C@@H](O)[C@H]1O. The lowest BCUT2D eigenvalue weighted by molar-refractivity contribution is -0.301. The van der Waals surface area contributed by atoms with Crippen molar-refractivity contribution < 1.29 is 30.0 Å². The van der Waals surface area contributed by atoms with Gasteiger partial charge in [0.1, 0.15) is 24.4 Å². The summed E-state index contributed by atoms with van der Waals surface area (Å²) >= 11 is 0. The molecular formula is C12H21NO6. The molecule has 0 aromatic carbocycles. The Labute approximate surface area is 111 Å². The lowest BCUT2D eigenvalue weighted by atomic mass is 9.99. The summed E-state index contributed by atoms with van der Waals surface area (Å²) in [4.78, 5) is 5.12. The zero-order chi connectivity index (χ0) is 13.8. The molecule has 0 amide bonds. The lowest BCUT2D eigenvalue weighted by Crippen LogP contribution is -2.58. The molecule has 0 bridgehead atoms. The van der Waals surface area contributed by atoms with E-state index in [0.717, 1.165) is 31.4 Å². The first kappa shape index (κ1) is 14.7. The Morgan fingerprint density at radius 2 is 1.74 bits per heavy atom. The molecular weight excluding hydrogens is 254 g/mol. The van der Waals surface area contributed by atoms with E-state index in [2.05, 4.69) is 5.16 Å². The van der Waals surface area contributed by atoms with Crippen LogP contribution in [0.5, 0.6) is 0 Å². The summed E-state index contributed by atoms with van der Waals surface area (Å²) in [6.45, 7) is -0.471. The Hall–Kier alpha value is -0.730. The maximum absolute atomic E-state index is 9.74. The monoisotopic (exact) mass is 275 g/mol. The molecule has 1 aliphatic carbocycles. The average molecular weight is 275 g/mol. The van der Waals surface area contributed by atoms with Crippen molar-refractivity contribution in [2.45, 2.75) is 62.8 Å². The first-order valence-electron chi connectivity index (χ1n) is 6.65. The van der Waals surface area contributed by atoms with E-state index >= 15 is 0 Å². The van der Waals surface area contributed by atoms with Gasteiger partial charge in [0.05, 0.1) is 12.3 Å². The predicted octanol–water partition coefficient (Wildman–Crippen LogP) is -0.877. The molecule has 1 saturated carbocycles. The van der Waals surface area contributed by atoms with E-state index in [0.29, 0.717) is 0 Å². The fourth-order valence-corrected chi connectivity index (χ4v) is 2.33. The number of oxime groups is 1. The van der Waals surface area contributed by atoms with Gasteiger partial charge in [0.2, 0.25) is 0 Å². The highest BCUT2D eigenvalue weighted by Gasteiger charge is 2.45. The minimum Gasteiger partial charge on any atom is -0.394 e. The fraction of sp³-hybridized carbons (Fsp3) is 0.917. The predicted molar refractivity (Wildman–Crippen MR) is 65.4 cm³/mol. The van der Waals surface area contributed by atoms with Crippen molar-refractivity contribution in [2.75, 3.05) is 6.61 Å². The molecule has 0 aromatic heterocycles. The number of aliphatic hydroxyl groups excluding tert-OH is 4. The third kappa shape index (κ3) is 3.43. The van der Waals surface area contributed by atoms with Crippen LogP contribution >= 0.6 is 0 Å². The number of aliphatic hydroxyl groups is 4. The average Bonchev–Trinajstić information content (AvgIpc) is 2.45. The molecule has 5 atom stereocenters. The Morgan fingerprint density at radius 3 is 2.37 bits per heavy atom. The molecule has 0 spiro atoms. The maximum Gasteiger partial charge on any atom is 0.256 e. The van der Waals surface area contributed by atoms with E-state index in [4.69, 9.17) is 14.7 Å². The highest BCUT2D eigenvalue weighted by molar-refractivity contribution is 5.84. The molecule has 2 aliphatic rings. The first-order chi connectivity index (χ1) is 9.13. The van der Waals surface area contributed by atoms with E-state index in [-0.39, 0.29) is 0 Å². The van der Waals surface area contributed by atoms with Gasteiger partial charge in [0, 0.05) is 0 Å². The Kier molecular flexibility index (Phi) is 5.12. The van der Waals surface area contributed by atoms with Gasteiger partial charge in [-0.1, -0.05) is 11.6 Å². The molecule has 110 valence electrons. The van der Waals surface area contributed by atoms with Gasteiger partial charge in [-0.3, -0.25) is 0 Å². The van der Waals surface area contributed by atoms with Crippen LogP contribution in [0.2, 0.25) is 0 Å². The molecule has 4 N–H and O–H groups in total. The largest absolute Gasteiger partial charge is 0.394 e. The van der Waals surface area contributed by atoms with Crippen LogP contribution in [0, 0.1) is 0 Å². The Balaban J connectivity index is 1.94. The van der Waals surface area contributed by atoms with Crippen LogP contribution in [0.25, 0.3) is 0 Å². The summed E-state index contributed by atoms with van der Waals surface area (Å²) in [5, 5.41) is 41.9. The molecule has 2 fully saturated rings. The number of hydrogen-bond acceptors (Lipinski definition) is 7. The van der Waals surface area contributed by atoms with Crippen LogP contribution in [0.15, 0.2) is 5.16 Å². The number of hydrogen-bond donors (Lipinski definition) is 4. The third-order valence-electron chi connectivity index (χ3n) is 3.56. The summed E-state index contributed by atoms with van der Waals surface area (Å²) in [5.74, 6) is 0. The molecule has 0 aromatic rings. The van der Waals surface area contributed by atoms with E-state index in [1.807, 2.05) is 0 Å². The molecule has 19 heavy (non-hydrogen) atoms. The lowest BCUT2D eigenvalue weighted by Gasteiger charge is -2.38. The van der Waals surface area contributed by atoms with Crippen LogP contribution in [-0.4, -0.2) is 63.5 Å². The smallest absolute Gasteiger partial charge is 0.256 e. The Morgan fingerprint density at radius 1 is 1.05 bits per heavy atom. The van der Waals surface area contributed by atoms with Gasteiger partial charge >= 0.3 is 0 Å². The quantitative estimate of drug-likeness (QED) is 0.498. The number of nitrogens with zero attached hydrogens (tertiary/aromatic N) is 1. The van der Waals surface area contributed by atoms with Crippen LogP contribution in [0.3, 0.4) is 0 Å². The zero-order valence-corrected chi connectivity index (χ0v) is 10.7. The second-order valence-electron chi connectivity index (χ2n) is 5.02. The molecule has 1 saturated heterocycles. The topological polar surface area (TPSA) is 112 Å². The van der Waals surface area contributed by atoms with E-state index in [9.17, 15) is 15.3 Å². The molecule has 0 radical (unpaired) electrons. The van der Waals surface area contributed by atoms with Gasteiger partial charge in [-0.2, -0.15) is 0 Å². The van der Waals surface area contributed by atoms with Crippen molar-refractivity contribution in [3.05, 3.63) is 0 Å². The van der Waals surface area contributed by atoms with Crippen molar-refractivity contribution >= 4 is 5.71 Å². The maximum atomic E-state index is 9.74. The molecule has 7 nitrogen and oxygen atoms in total. The zero-order valence-electron chi connectivity index (χ0n) is 10.7. The molecule has 2 rings (SSSR count). The second-order valence-corrected chi connectivity index (χ2v) is 5.02. The number of rotatable bonds is 3. The van der Waals surface area contributed by atoms with Crippen LogP contribution in [-0.2, 0) is 9.57 Å². The van der Waals surface area contributed by atoms with Gasteiger partial charge in [-0.05, 0) is 25.7 Å². The van der Waals surface area contributed by atoms with Crippen molar-refractivity contribution in [3.63, 3.8) is 0 Å². The number of ether oxygens (including phenoxy) is 1. The van der Waals surface area contributed by atoms with Crippen molar-refractivity contribution in [1.29, 1.82) is 0 Å². The normalized spacial score (nSPS) is 40.0. The summed E-state index contributed by atoms with van der Waals surface area (Å²) < 4.78 is 5.18. The van der Waals surface area contributed by atoms with Gasteiger partial charge in [0.15, 0.2) is 0 Å². The van der Waals surface area contributed by atoms with Crippen molar-refractivity contribution in [3.8, 4) is 0 Å². The minimum atomic E-state index is -1.43. The molecule has 1 heterocycles. The van der Waals surface area contributed by atoms with Crippen LogP contribution in [0.1, 0.15) is 32.1 Å².